The monoisotopic (exact) mass is 295 g/mol. The van der Waals surface area contributed by atoms with E-state index in [2.05, 4.69) is 0 Å². The van der Waals surface area contributed by atoms with E-state index < -0.39 is 17.2 Å². The minimum absolute atomic E-state index is 0.0486. The number of hydrogen-bond acceptors (Lipinski definition) is 2. The van der Waals surface area contributed by atoms with Gasteiger partial charge < -0.3 is 9.67 Å². The number of halogens is 2. The molecule has 4 nitrogen and oxygen atoms in total. The van der Waals surface area contributed by atoms with Crippen molar-refractivity contribution in [3.63, 3.8) is 0 Å². The van der Waals surface area contributed by atoms with Crippen LogP contribution in [0.3, 0.4) is 0 Å². The molecule has 1 aromatic heterocycles. The van der Waals surface area contributed by atoms with Crippen LogP contribution in [0, 0.1) is 11.7 Å². The van der Waals surface area contributed by atoms with Gasteiger partial charge in [-0.25, -0.2) is 9.18 Å². The molecule has 6 heteroatoms. The molecule has 2 aromatic rings. The van der Waals surface area contributed by atoms with Crippen molar-refractivity contribution in [2.75, 3.05) is 0 Å². The highest BCUT2D eigenvalue weighted by atomic mass is 35.5. The predicted octanol–water partition coefficient (Wildman–Crippen LogP) is 2.90. The van der Waals surface area contributed by atoms with Crippen LogP contribution in [0.2, 0.25) is 5.02 Å². The lowest BCUT2D eigenvalue weighted by atomic mass is 10.1. The van der Waals surface area contributed by atoms with Gasteiger partial charge in [0, 0.05) is 18.1 Å². The molecule has 1 aliphatic carbocycles. The highest BCUT2D eigenvalue weighted by Gasteiger charge is 2.24. The quantitative estimate of drug-likeness (QED) is 0.947. The third kappa shape index (κ3) is 2.18. The molecule has 0 amide bonds. The predicted molar refractivity (Wildman–Crippen MR) is 72.9 cm³/mol. The Morgan fingerprint density at radius 3 is 2.75 bits per heavy atom. The van der Waals surface area contributed by atoms with Gasteiger partial charge in [-0.05, 0) is 30.9 Å². The van der Waals surface area contributed by atoms with Gasteiger partial charge in [0.2, 0.25) is 5.43 Å². The molecule has 0 aliphatic heterocycles. The first kappa shape index (κ1) is 13.1. The normalized spacial score (nSPS) is 14.7. The molecule has 0 radical (unpaired) electrons. The van der Waals surface area contributed by atoms with E-state index in [0.717, 1.165) is 18.9 Å². The van der Waals surface area contributed by atoms with E-state index in [1.807, 2.05) is 0 Å². The maximum Gasteiger partial charge on any atom is 0.341 e. The Kier molecular flexibility index (Phi) is 3.01. The van der Waals surface area contributed by atoms with Crippen molar-refractivity contribution in [1.82, 2.24) is 4.57 Å². The van der Waals surface area contributed by atoms with Gasteiger partial charge >= 0.3 is 5.97 Å². The van der Waals surface area contributed by atoms with Crippen LogP contribution in [0.4, 0.5) is 4.39 Å². The highest BCUT2D eigenvalue weighted by molar-refractivity contribution is 6.31. The minimum atomic E-state index is -1.31. The second-order valence-electron chi connectivity index (χ2n) is 5.06. The number of hydrogen-bond donors (Lipinski definition) is 1. The first-order valence-electron chi connectivity index (χ1n) is 6.23. The fraction of sp³-hybridized carbons (Fsp3) is 0.286. The lowest BCUT2D eigenvalue weighted by Crippen LogP contribution is -2.19. The van der Waals surface area contributed by atoms with Crippen molar-refractivity contribution in [3.05, 3.63) is 45.0 Å². The zero-order valence-corrected chi connectivity index (χ0v) is 11.2. The lowest BCUT2D eigenvalue weighted by molar-refractivity contribution is 0.0694. The second kappa shape index (κ2) is 4.59. The molecule has 1 aromatic carbocycles. The molecule has 1 heterocycles. The summed E-state index contributed by atoms with van der Waals surface area (Å²) in [7, 11) is 0. The van der Waals surface area contributed by atoms with E-state index in [1.54, 1.807) is 4.57 Å². The summed E-state index contributed by atoms with van der Waals surface area (Å²) >= 11 is 5.76. The topological polar surface area (TPSA) is 59.3 Å². The fourth-order valence-electron chi connectivity index (χ4n) is 2.27. The van der Waals surface area contributed by atoms with Crippen molar-refractivity contribution >= 4 is 28.5 Å². The molecule has 0 bridgehead atoms. The van der Waals surface area contributed by atoms with Crippen molar-refractivity contribution in [1.29, 1.82) is 0 Å². The zero-order valence-electron chi connectivity index (χ0n) is 10.4. The summed E-state index contributed by atoms with van der Waals surface area (Å²) in [6, 6.07) is 2.39. The van der Waals surface area contributed by atoms with Crippen molar-refractivity contribution in [3.8, 4) is 0 Å². The number of rotatable bonds is 3. The molecular weight excluding hydrogens is 285 g/mol. The molecule has 1 fully saturated rings. The summed E-state index contributed by atoms with van der Waals surface area (Å²) in [6.45, 7) is 0.610. The van der Waals surface area contributed by atoms with Gasteiger partial charge in [-0.3, -0.25) is 4.79 Å². The van der Waals surface area contributed by atoms with Crippen LogP contribution in [-0.4, -0.2) is 15.6 Å². The molecule has 0 spiro atoms. The molecule has 0 saturated heterocycles. The van der Waals surface area contributed by atoms with Gasteiger partial charge in [0.25, 0.3) is 0 Å². The summed E-state index contributed by atoms with van der Waals surface area (Å²) in [5.74, 6) is -1.56. The molecule has 20 heavy (non-hydrogen) atoms. The molecule has 3 rings (SSSR count). The van der Waals surface area contributed by atoms with E-state index in [1.165, 1.54) is 12.3 Å². The Morgan fingerprint density at radius 1 is 1.45 bits per heavy atom. The fourth-order valence-corrected chi connectivity index (χ4v) is 2.42. The van der Waals surface area contributed by atoms with Gasteiger partial charge in [0.05, 0.1) is 10.5 Å². The smallest absolute Gasteiger partial charge is 0.341 e. The van der Waals surface area contributed by atoms with Crippen LogP contribution in [0.5, 0.6) is 0 Å². The third-order valence-corrected chi connectivity index (χ3v) is 3.79. The van der Waals surface area contributed by atoms with E-state index in [-0.39, 0.29) is 16.0 Å². The summed E-state index contributed by atoms with van der Waals surface area (Å²) in [6.07, 6.45) is 3.47. The third-order valence-electron chi connectivity index (χ3n) is 3.50. The first-order chi connectivity index (χ1) is 9.47. The second-order valence-corrected chi connectivity index (χ2v) is 5.46. The molecule has 1 N–H and O–H groups in total. The average molecular weight is 296 g/mol. The first-order valence-corrected chi connectivity index (χ1v) is 6.60. The van der Waals surface area contributed by atoms with Crippen LogP contribution in [0.1, 0.15) is 23.2 Å². The number of benzene rings is 1. The summed E-state index contributed by atoms with van der Waals surface area (Å²) in [5.41, 5.74) is -0.562. The molecular formula is C14H11ClFNO3. The summed E-state index contributed by atoms with van der Waals surface area (Å²) < 4.78 is 15.2. The van der Waals surface area contributed by atoms with Crippen molar-refractivity contribution in [2.24, 2.45) is 5.92 Å². The molecule has 0 unspecified atom stereocenters. The maximum atomic E-state index is 13.5. The summed E-state index contributed by atoms with van der Waals surface area (Å²) in [5, 5.41) is 9.06. The Bertz CT molecular complexity index is 780. The van der Waals surface area contributed by atoms with Gasteiger partial charge in [-0.2, -0.15) is 0 Å². The number of fused-ring (bicyclic) bond motifs is 1. The molecule has 1 saturated carbocycles. The van der Waals surface area contributed by atoms with Crippen molar-refractivity contribution in [2.45, 2.75) is 19.4 Å². The summed E-state index contributed by atoms with van der Waals surface area (Å²) in [4.78, 5) is 23.2. The van der Waals surface area contributed by atoms with E-state index in [4.69, 9.17) is 16.7 Å². The number of carboxylic acids is 1. The van der Waals surface area contributed by atoms with Crippen LogP contribution in [0.25, 0.3) is 10.9 Å². The van der Waals surface area contributed by atoms with Crippen molar-refractivity contribution < 1.29 is 14.3 Å². The standard InChI is InChI=1S/C14H11ClFNO3/c15-10-4-12-8(3-11(10)16)13(18)9(14(19)20)6-17(12)5-7-1-2-7/h3-4,6-7H,1-2,5H2,(H,19,20). The molecule has 0 atom stereocenters. The number of aromatic nitrogens is 1. The largest absolute Gasteiger partial charge is 0.477 e. The minimum Gasteiger partial charge on any atom is -0.477 e. The number of aromatic carboxylic acids is 1. The van der Waals surface area contributed by atoms with Crippen LogP contribution < -0.4 is 5.43 Å². The van der Waals surface area contributed by atoms with Gasteiger partial charge in [0.15, 0.2) is 0 Å². The number of nitrogens with zero attached hydrogens (tertiary/aromatic N) is 1. The van der Waals surface area contributed by atoms with E-state index in [0.29, 0.717) is 18.0 Å². The Morgan fingerprint density at radius 2 is 2.15 bits per heavy atom. The Hall–Kier alpha value is -1.88. The maximum absolute atomic E-state index is 13.5. The van der Waals surface area contributed by atoms with Crippen LogP contribution >= 0.6 is 11.6 Å². The van der Waals surface area contributed by atoms with Gasteiger partial charge in [-0.15, -0.1) is 0 Å². The molecule has 1 aliphatic rings. The number of carboxylic acid groups (broad SMARTS) is 1. The Balaban J connectivity index is 2.34. The van der Waals surface area contributed by atoms with E-state index >= 15 is 0 Å². The van der Waals surface area contributed by atoms with E-state index in [9.17, 15) is 14.0 Å². The van der Waals surface area contributed by atoms with Crippen LogP contribution in [0.15, 0.2) is 23.1 Å². The molecule has 104 valence electrons. The number of carbonyl (C=O) groups is 1. The Labute approximate surface area is 118 Å². The average Bonchev–Trinajstić information content (AvgIpc) is 3.19. The SMILES string of the molecule is O=C(O)c1cn(CC2CC2)c2cc(Cl)c(F)cc2c1=O. The van der Waals surface area contributed by atoms with Crippen LogP contribution in [-0.2, 0) is 6.54 Å². The highest BCUT2D eigenvalue weighted by Crippen LogP contribution is 2.32. The van der Waals surface area contributed by atoms with Gasteiger partial charge in [0.1, 0.15) is 11.4 Å². The van der Waals surface area contributed by atoms with Gasteiger partial charge in [-0.1, -0.05) is 11.6 Å². The zero-order chi connectivity index (χ0) is 14.4. The lowest BCUT2D eigenvalue weighted by Gasteiger charge is -2.12. The number of pyridine rings is 1.